The second-order valence-corrected chi connectivity index (χ2v) is 14.1. The van der Waals surface area contributed by atoms with Crippen molar-refractivity contribution >= 4 is 17.3 Å². The third-order valence-electron chi connectivity index (χ3n) is 11.9. The first-order valence-corrected chi connectivity index (χ1v) is 15.8. The van der Waals surface area contributed by atoms with Crippen LogP contribution in [0.3, 0.4) is 0 Å². The number of rotatable bonds is 7. The van der Waals surface area contributed by atoms with Crippen LogP contribution in [0, 0.1) is 46.3 Å². The second-order valence-electron chi connectivity index (χ2n) is 14.1. The maximum atomic E-state index is 12.9. The first-order chi connectivity index (χ1) is 18.6. The zero-order chi connectivity index (χ0) is 27.9. The predicted molar refractivity (Wildman–Crippen MR) is 162 cm³/mol. The SMILES string of the molecule is CCC12CCC(OC(=O)c3cc(N)cc(N)c3)CC1C=CC1C3CCC(C(C)CCC=C(C)C)C3(C)CCC12. The maximum Gasteiger partial charge on any atom is 0.338 e. The highest BCUT2D eigenvalue weighted by Gasteiger charge is 2.60. The van der Waals surface area contributed by atoms with Crippen LogP contribution in [-0.2, 0) is 4.74 Å². The van der Waals surface area contributed by atoms with Gasteiger partial charge in [0, 0.05) is 11.4 Å². The van der Waals surface area contributed by atoms with Crippen LogP contribution in [0.4, 0.5) is 11.4 Å². The standard InChI is InChI=1S/C35H52N2O2/c1-6-35-17-14-28(39-33(38)24-18-26(36)21-27(37)19-24)20-25(35)10-11-29-31-13-12-30(23(4)9-7-8-22(2)3)34(31,5)16-15-32(29)35/h8,10-11,18-19,21,23,25,28-32H,6-7,9,12-17,20,36-37H2,1-5H3. The number of nitrogen functional groups attached to an aromatic ring is 2. The number of fused-ring (bicyclic) bond motifs is 5. The molecule has 0 bridgehead atoms. The number of benzene rings is 1. The molecule has 214 valence electrons. The summed E-state index contributed by atoms with van der Waals surface area (Å²) in [4.78, 5) is 12.9. The average Bonchev–Trinajstić information content (AvgIpc) is 3.25. The Labute approximate surface area is 237 Å². The van der Waals surface area contributed by atoms with E-state index in [1.165, 1.54) is 50.5 Å². The molecule has 0 spiro atoms. The van der Waals surface area contributed by atoms with Gasteiger partial charge in [0.2, 0.25) is 0 Å². The number of hydrogen-bond donors (Lipinski definition) is 2. The van der Waals surface area contributed by atoms with Gasteiger partial charge in [-0.3, -0.25) is 0 Å². The topological polar surface area (TPSA) is 78.3 Å². The van der Waals surface area contributed by atoms with Crippen LogP contribution in [-0.4, -0.2) is 12.1 Å². The lowest BCUT2D eigenvalue weighted by Gasteiger charge is -2.60. The summed E-state index contributed by atoms with van der Waals surface area (Å²) in [6, 6.07) is 5.00. The molecule has 0 aliphatic heterocycles. The number of hydrogen-bond acceptors (Lipinski definition) is 4. The average molecular weight is 533 g/mol. The summed E-state index contributed by atoms with van der Waals surface area (Å²) >= 11 is 0. The van der Waals surface area contributed by atoms with Crippen LogP contribution in [0.1, 0.15) is 109 Å². The molecule has 4 aliphatic carbocycles. The number of ether oxygens (including phenoxy) is 1. The Morgan fingerprint density at radius 1 is 1.05 bits per heavy atom. The smallest absolute Gasteiger partial charge is 0.338 e. The van der Waals surface area contributed by atoms with Gasteiger partial charge in [-0.25, -0.2) is 4.79 Å². The largest absolute Gasteiger partial charge is 0.459 e. The van der Waals surface area contributed by atoms with Crippen molar-refractivity contribution < 1.29 is 9.53 Å². The highest BCUT2D eigenvalue weighted by molar-refractivity contribution is 5.91. The number of carbonyl (C=O) groups is 1. The molecule has 3 fully saturated rings. The normalized spacial score (nSPS) is 37.8. The van der Waals surface area contributed by atoms with Gasteiger partial charge in [0.1, 0.15) is 6.10 Å². The van der Waals surface area contributed by atoms with Crippen molar-refractivity contribution in [3.8, 4) is 0 Å². The lowest BCUT2D eigenvalue weighted by Crippen LogP contribution is -2.53. The van der Waals surface area contributed by atoms with E-state index in [0.29, 0.717) is 39.6 Å². The Balaban J connectivity index is 1.29. The van der Waals surface area contributed by atoms with E-state index in [2.05, 4.69) is 52.8 Å². The number of allylic oxidation sites excluding steroid dienone is 4. The Bertz CT molecular complexity index is 1100. The fourth-order valence-electron chi connectivity index (χ4n) is 10.0. The highest BCUT2D eigenvalue weighted by atomic mass is 16.5. The van der Waals surface area contributed by atoms with Crippen molar-refractivity contribution in [1.29, 1.82) is 0 Å². The summed E-state index contributed by atoms with van der Waals surface area (Å²) in [6.45, 7) is 12.0. The van der Waals surface area contributed by atoms with E-state index in [9.17, 15) is 4.79 Å². The van der Waals surface area contributed by atoms with Gasteiger partial charge in [-0.05, 0) is 143 Å². The van der Waals surface area contributed by atoms with E-state index < -0.39 is 0 Å². The molecule has 4 heteroatoms. The first-order valence-electron chi connectivity index (χ1n) is 15.8. The van der Waals surface area contributed by atoms with Gasteiger partial charge < -0.3 is 16.2 Å². The molecule has 0 saturated heterocycles. The van der Waals surface area contributed by atoms with Gasteiger partial charge in [-0.1, -0.05) is 44.6 Å². The minimum absolute atomic E-state index is 0.0441. The number of anilines is 2. The van der Waals surface area contributed by atoms with Crippen LogP contribution in [0.5, 0.6) is 0 Å². The van der Waals surface area contributed by atoms with Gasteiger partial charge in [0.25, 0.3) is 0 Å². The Hall–Kier alpha value is -2.23. The molecule has 0 radical (unpaired) electrons. The van der Waals surface area contributed by atoms with E-state index in [-0.39, 0.29) is 12.1 Å². The lowest BCUT2D eigenvalue weighted by atomic mass is 9.45. The molecule has 0 aromatic heterocycles. The van der Waals surface area contributed by atoms with Crippen molar-refractivity contribution in [2.75, 3.05) is 11.5 Å². The van der Waals surface area contributed by atoms with Crippen molar-refractivity contribution in [1.82, 2.24) is 0 Å². The number of nitrogens with two attached hydrogens (primary N) is 2. The molecule has 9 atom stereocenters. The molecule has 39 heavy (non-hydrogen) atoms. The summed E-state index contributed by atoms with van der Waals surface area (Å²) in [6.07, 6.45) is 19.9. The zero-order valence-corrected chi connectivity index (χ0v) is 25.0. The fraction of sp³-hybridized carbons (Fsp3) is 0.686. The molecular formula is C35H52N2O2. The van der Waals surface area contributed by atoms with Crippen LogP contribution < -0.4 is 11.5 Å². The number of esters is 1. The Kier molecular flexibility index (Phi) is 7.97. The van der Waals surface area contributed by atoms with Gasteiger partial charge in [0.05, 0.1) is 5.56 Å². The van der Waals surface area contributed by atoms with Crippen molar-refractivity contribution in [2.45, 2.75) is 105 Å². The summed E-state index contributed by atoms with van der Waals surface area (Å²) in [5.74, 6) is 4.14. The summed E-state index contributed by atoms with van der Waals surface area (Å²) in [5.41, 5.74) is 15.6. The third-order valence-corrected chi connectivity index (χ3v) is 11.9. The zero-order valence-electron chi connectivity index (χ0n) is 25.0. The molecule has 3 saturated carbocycles. The minimum atomic E-state index is -0.301. The van der Waals surface area contributed by atoms with Crippen LogP contribution in [0.25, 0.3) is 0 Å². The summed E-state index contributed by atoms with van der Waals surface area (Å²) in [5, 5.41) is 0. The van der Waals surface area contributed by atoms with Gasteiger partial charge >= 0.3 is 5.97 Å². The molecule has 1 aromatic rings. The molecular weight excluding hydrogens is 480 g/mol. The minimum Gasteiger partial charge on any atom is -0.459 e. The van der Waals surface area contributed by atoms with Gasteiger partial charge in [-0.2, -0.15) is 0 Å². The molecule has 0 amide bonds. The molecule has 4 aliphatic rings. The maximum absolute atomic E-state index is 12.9. The summed E-state index contributed by atoms with van der Waals surface area (Å²) < 4.78 is 6.05. The summed E-state index contributed by atoms with van der Waals surface area (Å²) in [7, 11) is 0. The van der Waals surface area contributed by atoms with E-state index in [4.69, 9.17) is 16.2 Å². The monoisotopic (exact) mass is 532 g/mol. The molecule has 5 rings (SSSR count). The number of carbonyl (C=O) groups excluding carboxylic acids is 1. The van der Waals surface area contributed by atoms with Crippen molar-refractivity contribution in [3.63, 3.8) is 0 Å². The fourth-order valence-corrected chi connectivity index (χ4v) is 10.0. The Morgan fingerprint density at radius 3 is 2.49 bits per heavy atom. The molecule has 0 heterocycles. The van der Waals surface area contributed by atoms with E-state index in [1.807, 2.05) is 0 Å². The van der Waals surface area contributed by atoms with Crippen LogP contribution >= 0.6 is 0 Å². The first kappa shape index (κ1) is 28.3. The quantitative estimate of drug-likeness (QED) is 0.209. The second kappa shape index (κ2) is 11.0. The third kappa shape index (κ3) is 5.18. The highest BCUT2D eigenvalue weighted by Crippen LogP contribution is 2.67. The molecule has 4 N–H and O–H groups in total. The van der Waals surface area contributed by atoms with E-state index in [1.54, 1.807) is 18.2 Å². The van der Waals surface area contributed by atoms with Crippen molar-refractivity contribution in [2.24, 2.45) is 46.3 Å². The van der Waals surface area contributed by atoms with Crippen LogP contribution in [0.15, 0.2) is 42.0 Å². The van der Waals surface area contributed by atoms with Crippen molar-refractivity contribution in [3.05, 3.63) is 47.6 Å². The Morgan fingerprint density at radius 2 is 1.79 bits per heavy atom. The van der Waals surface area contributed by atoms with E-state index in [0.717, 1.165) is 42.9 Å². The predicted octanol–water partition coefficient (Wildman–Crippen LogP) is 8.58. The van der Waals surface area contributed by atoms with E-state index >= 15 is 0 Å². The molecule has 4 nitrogen and oxygen atoms in total. The van der Waals surface area contributed by atoms with Gasteiger partial charge in [0.15, 0.2) is 0 Å². The molecule has 9 unspecified atom stereocenters. The van der Waals surface area contributed by atoms with Crippen LogP contribution in [0.2, 0.25) is 0 Å². The molecule has 1 aromatic carbocycles. The lowest BCUT2D eigenvalue weighted by molar-refractivity contribution is -0.0946. The van der Waals surface area contributed by atoms with Gasteiger partial charge in [-0.15, -0.1) is 0 Å².